The van der Waals surface area contributed by atoms with Crippen LogP contribution in [0.2, 0.25) is 0 Å². The highest BCUT2D eigenvalue weighted by atomic mass is 79.9. The molecule has 11 heteroatoms. The number of amides is 2. The first kappa shape index (κ1) is 27.6. The highest BCUT2D eigenvalue weighted by Crippen LogP contribution is 2.21. The Balaban J connectivity index is 0.000000498. The van der Waals surface area contributed by atoms with Crippen molar-refractivity contribution in [1.82, 2.24) is 0 Å². The zero-order valence-corrected chi connectivity index (χ0v) is 21.5. The minimum absolute atomic E-state index is 0.0162. The van der Waals surface area contributed by atoms with Gasteiger partial charge in [-0.05, 0) is 40.2 Å². The van der Waals surface area contributed by atoms with E-state index in [-0.39, 0.29) is 27.2 Å². The van der Waals surface area contributed by atoms with E-state index < -0.39 is 0 Å². The second kappa shape index (κ2) is 16.4. The first-order valence-corrected chi connectivity index (χ1v) is 12.1. The van der Waals surface area contributed by atoms with E-state index in [0.717, 1.165) is 0 Å². The first-order chi connectivity index (χ1) is 13.7. The molecule has 0 heterocycles. The zero-order valence-electron chi connectivity index (χ0n) is 15.1. The van der Waals surface area contributed by atoms with Gasteiger partial charge in [0.15, 0.2) is 0 Å². The SMILES string of the molecule is Nc1ccccc1N.O=C(Br)CBr.O=C(CBr)Nc1ccccc1NC(=O)CBr. The second-order valence-corrected chi connectivity index (χ2v) is 7.59. The van der Waals surface area contributed by atoms with E-state index in [1.807, 2.05) is 12.1 Å². The summed E-state index contributed by atoms with van der Waals surface area (Å²) in [6.07, 6.45) is 0. The highest BCUT2D eigenvalue weighted by Gasteiger charge is 2.07. The molecule has 29 heavy (non-hydrogen) atoms. The molecule has 0 aliphatic rings. The van der Waals surface area contributed by atoms with Crippen molar-refractivity contribution >= 4 is 103 Å². The van der Waals surface area contributed by atoms with Gasteiger partial charge in [0, 0.05) is 0 Å². The summed E-state index contributed by atoms with van der Waals surface area (Å²) in [6, 6.07) is 14.3. The van der Waals surface area contributed by atoms with Crippen LogP contribution in [0.1, 0.15) is 0 Å². The molecule has 0 spiro atoms. The summed E-state index contributed by atoms with van der Waals surface area (Å²) in [7, 11) is 0. The van der Waals surface area contributed by atoms with Gasteiger partial charge in [0.25, 0.3) is 0 Å². The number of nitrogens with one attached hydrogen (secondary N) is 2. The molecule has 0 radical (unpaired) electrons. The van der Waals surface area contributed by atoms with E-state index in [9.17, 15) is 14.4 Å². The molecule has 0 bridgehead atoms. The number of benzene rings is 2. The molecule has 0 saturated carbocycles. The summed E-state index contributed by atoms with van der Waals surface area (Å²) in [5.41, 5.74) is 13.3. The van der Waals surface area contributed by atoms with Gasteiger partial charge in [-0.2, -0.15) is 0 Å². The van der Waals surface area contributed by atoms with E-state index in [4.69, 9.17) is 11.5 Å². The lowest BCUT2D eigenvalue weighted by Gasteiger charge is -2.10. The lowest BCUT2D eigenvalue weighted by molar-refractivity contribution is -0.114. The molecule has 0 fully saturated rings. The minimum atomic E-state index is -0.166. The van der Waals surface area contributed by atoms with Gasteiger partial charge in [0.1, 0.15) is 0 Å². The lowest BCUT2D eigenvalue weighted by atomic mass is 10.2. The molecule has 6 N–H and O–H groups in total. The smallest absolute Gasteiger partial charge is 0.235 e. The van der Waals surface area contributed by atoms with E-state index >= 15 is 0 Å². The summed E-state index contributed by atoms with van der Waals surface area (Å²) in [6.45, 7) is 0. The highest BCUT2D eigenvalue weighted by molar-refractivity contribution is 9.19. The lowest BCUT2D eigenvalue weighted by Crippen LogP contribution is -2.17. The van der Waals surface area contributed by atoms with Crippen LogP contribution in [-0.4, -0.2) is 32.5 Å². The molecule has 0 aliphatic carbocycles. The first-order valence-electron chi connectivity index (χ1n) is 7.90. The zero-order chi connectivity index (χ0) is 22.2. The largest absolute Gasteiger partial charge is 0.397 e. The maximum Gasteiger partial charge on any atom is 0.235 e. The number of rotatable bonds is 5. The number of carbonyl (C=O) groups excluding carboxylic acids is 3. The van der Waals surface area contributed by atoms with Gasteiger partial charge in [0.05, 0.1) is 38.7 Å². The van der Waals surface area contributed by atoms with Gasteiger partial charge >= 0.3 is 0 Å². The third-order valence-electron chi connectivity index (χ3n) is 2.82. The van der Waals surface area contributed by atoms with Gasteiger partial charge < -0.3 is 22.1 Å². The molecule has 158 valence electrons. The Labute approximate surface area is 202 Å². The van der Waals surface area contributed by atoms with Crippen molar-refractivity contribution in [2.24, 2.45) is 0 Å². The molecule has 0 aromatic heterocycles. The Kier molecular flexibility index (Phi) is 15.6. The molecule has 0 saturated heterocycles. The van der Waals surface area contributed by atoms with Crippen molar-refractivity contribution in [3.8, 4) is 0 Å². The molecule has 2 rings (SSSR count). The second-order valence-electron chi connectivity index (χ2n) is 5.03. The van der Waals surface area contributed by atoms with Crippen LogP contribution in [-0.2, 0) is 14.4 Å². The van der Waals surface area contributed by atoms with Crippen LogP contribution in [0.5, 0.6) is 0 Å². The Hall–Kier alpha value is -1.43. The van der Waals surface area contributed by atoms with Gasteiger partial charge in [-0.25, -0.2) is 0 Å². The number of alkyl halides is 3. The van der Waals surface area contributed by atoms with Crippen molar-refractivity contribution in [2.45, 2.75) is 0 Å². The predicted molar refractivity (Wildman–Crippen MR) is 134 cm³/mol. The van der Waals surface area contributed by atoms with Gasteiger partial charge in [-0.15, -0.1) is 0 Å². The average molecular weight is 660 g/mol. The number of para-hydroxylation sites is 4. The third kappa shape index (κ3) is 13.4. The number of anilines is 4. The van der Waals surface area contributed by atoms with Crippen LogP contribution in [0, 0.1) is 0 Å². The maximum atomic E-state index is 11.2. The fourth-order valence-electron chi connectivity index (χ4n) is 1.58. The van der Waals surface area contributed by atoms with E-state index in [2.05, 4.69) is 74.4 Å². The van der Waals surface area contributed by atoms with Crippen molar-refractivity contribution < 1.29 is 14.4 Å². The molecule has 2 aromatic carbocycles. The Morgan fingerprint density at radius 3 is 1.24 bits per heavy atom. The molecule has 0 unspecified atom stereocenters. The molecular formula is C18H20Br4N4O3. The van der Waals surface area contributed by atoms with E-state index in [0.29, 0.717) is 28.1 Å². The van der Waals surface area contributed by atoms with Crippen molar-refractivity contribution in [2.75, 3.05) is 38.1 Å². The van der Waals surface area contributed by atoms with Crippen LogP contribution in [0.15, 0.2) is 48.5 Å². The Morgan fingerprint density at radius 2 is 1.00 bits per heavy atom. The summed E-state index contributed by atoms with van der Waals surface area (Å²) < 4.78 is -0.0162. The Morgan fingerprint density at radius 1 is 0.690 bits per heavy atom. The number of nitrogens with two attached hydrogens (primary N) is 2. The number of hydrogen-bond acceptors (Lipinski definition) is 5. The molecule has 0 aliphatic heterocycles. The number of hydrogen-bond donors (Lipinski definition) is 4. The third-order valence-corrected chi connectivity index (χ3v) is 5.38. The number of halogens is 4. The molecule has 7 nitrogen and oxygen atoms in total. The van der Waals surface area contributed by atoms with Gasteiger partial charge in [-0.1, -0.05) is 72.1 Å². The monoisotopic (exact) mass is 656 g/mol. The number of nitrogen functional groups attached to an aromatic ring is 2. The standard InChI is InChI=1S/C10H10Br2N2O2.C6H8N2.C2H2Br2O/c11-5-9(15)13-7-3-1-2-4-8(7)14-10(16)6-12;7-5-3-1-2-4-6(5)8;3-1-2(4)5/h1-4H,5-6H2,(H,13,15)(H,14,16);1-4H,7-8H2;1H2. The molecular weight excluding hydrogens is 640 g/mol. The van der Waals surface area contributed by atoms with E-state index in [1.54, 1.807) is 36.4 Å². The topological polar surface area (TPSA) is 127 Å². The molecule has 2 aromatic rings. The quantitative estimate of drug-likeness (QED) is 0.214. The fourth-order valence-corrected chi connectivity index (χ4v) is 1.86. The van der Waals surface area contributed by atoms with Crippen LogP contribution < -0.4 is 22.1 Å². The predicted octanol–water partition coefficient (Wildman–Crippen LogP) is 4.51. The van der Waals surface area contributed by atoms with Crippen molar-refractivity contribution in [3.05, 3.63) is 48.5 Å². The van der Waals surface area contributed by atoms with Crippen LogP contribution in [0.25, 0.3) is 0 Å². The number of carbonyl (C=O) groups is 3. The van der Waals surface area contributed by atoms with Gasteiger partial charge in [-0.3, -0.25) is 14.4 Å². The van der Waals surface area contributed by atoms with E-state index in [1.165, 1.54) is 0 Å². The van der Waals surface area contributed by atoms with Crippen molar-refractivity contribution in [3.63, 3.8) is 0 Å². The van der Waals surface area contributed by atoms with Crippen LogP contribution in [0.3, 0.4) is 0 Å². The minimum Gasteiger partial charge on any atom is -0.397 e. The van der Waals surface area contributed by atoms with Gasteiger partial charge in [0.2, 0.25) is 16.5 Å². The summed E-state index contributed by atoms with van der Waals surface area (Å²) in [5.74, 6) is -0.332. The Bertz CT molecular complexity index is 748. The fraction of sp³-hybridized carbons (Fsp3) is 0.167. The average Bonchev–Trinajstić information content (AvgIpc) is 2.72. The summed E-state index contributed by atoms with van der Waals surface area (Å²) in [4.78, 5) is 32.1. The maximum absolute atomic E-state index is 11.2. The molecule has 0 atom stereocenters. The van der Waals surface area contributed by atoms with Crippen LogP contribution >= 0.6 is 63.7 Å². The normalized spacial score (nSPS) is 9.10. The summed E-state index contributed by atoms with van der Waals surface area (Å²) >= 11 is 11.7. The molecule has 2 amide bonds. The van der Waals surface area contributed by atoms with Crippen LogP contribution in [0.4, 0.5) is 22.7 Å². The van der Waals surface area contributed by atoms with Crippen molar-refractivity contribution in [1.29, 1.82) is 0 Å². The summed E-state index contributed by atoms with van der Waals surface area (Å²) in [5, 5.41) is 6.18.